The van der Waals surface area contributed by atoms with E-state index >= 15 is 0 Å². The van der Waals surface area contributed by atoms with Gasteiger partial charge in [0, 0.05) is 12.8 Å². The largest absolute Gasteiger partial charge is 0.466 e. The van der Waals surface area contributed by atoms with E-state index in [1.165, 1.54) is 353 Å². The van der Waals surface area contributed by atoms with Crippen LogP contribution in [0.3, 0.4) is 0 Å². The second kappa shape index (κ2) is 76.3. The van der Waals surface area contributed by atoms with Crippen LogP contribution >= 0.6 is 0 Å². The maximum absolute atomic E-state index is 12.5. The smallest absolute Gasteiger partial charge is 0.305 e. The first-order valence-electron chi connectivity index (χ1n) is 39.4. The highest BCUT2D eigenvalue weighted by Gasteiger charge is 2.18. The van der Waals surface area contributed by atoms with Crippen LogP contribution in [-0.4, -0.2) is 47.4 Å². The number of hydrogen-bond acceptors (Lipinski definition) is 5. The Morgan fingerprint density at radius 1 is 0.322 bits per heavy atom. The Kier molecular flexibility index (Phi) is 74.4. The maximum Gasteiger partial charge on any atom is 0.305 e. The van der Waals surface area contributed by atoms with E-state index in [9.17, 15) is 19.8 Å². The highest BCUT2D eigenvalue weighted by atomic mass is 16.5. The van der Waals surface area contributed by atoms with Crippen LogP contribution in [-0.2, 0) is 14.3 Å². The molecule has 87 heavy (non-hydrogen) atoms. The number of amides is 1. The summed E-state index contributed by atoms with van der Waals surface area (Å²) in [4.78, 5) is 24.6. The van der Waals surface area contributed by atoms with Crippen molar-refractivity contribution < 1.29 is 24.5 Å². The Hall–Kier alpha value is -2.18. The summed E-state index contributed by atoms with van der Waals surface area (Å²) >= 11 is 0. The van der Waals surface area contributed by atoms with Gasteiger partial charge in [-0.25, -0.2) is 0 Å². The number of unbranched alkanes of at least 4 members (excludes halogenated alkanes) is 57. The second-order valence-electron chi connectivity index (χ2n) is 27.0. The minimum atomic E-state index is -0.845. The minimum absolute atomic E-state index is 0.00673. The summed E-state index contributed by atoms with van der Waals surface area (Å²) in [5, 5.41) is 23.3. The van der Waals surface area contributed by atoms with Gasteiger partial charge in [0.05, 0.1) is 25.4 Å². The lowest BCUT2D eigenvalue weighted by atomic mass is 10.0. The van der Waals surface area contributed by atoms with Crippen molar-refractivity contribution in [1.29, 1.82) is 0 Å². The normalized spacial score (nSPS) is 12.7. The SMILES string of the molecule is CCCCC/C=C\CCCCCCCC(=O)OCCCCCCCCCCCCC/C=C\C/C=C\CCCCCCCCCCCCCCCCCCCC(=O)NC(CO)C(O)/C=C/CCCCCCCCCCCCCCCCCCCCCCC. The molecule has 0 rings (SSSR count). The Balaban J connectivity index is 3.40. The molecule has 0 radical (unpaired) electrons. The lowest BCUT2D eigenvalue weighted by Gasteiger charge is -2.20. The van der Waals surface area contributed by atoms with Crippen molar-refractivity contribution in [1.82, 2.24) is 5.32 Å². The zero-order valence-electron chi connectivity index (χ0n) is 58.8. The first kappa shape index (κ1) is 84.8. The van der Waals surface area contributed by atoms with Crippen molar-refractivity contribution in [3.63, 3.8) is 0 Å². The van der Waals surface area contributed by atoms with E-state index in [-0.39, 0.29) is 18.5 Å². The van der Waals surface area contributed by atoms with E-state index in [1.54, 1.807) is 6.08 Å². The molecule has 512 valence electrons. The third-order valence-corrected chi connectivity index (χ3v) is 18.3. The fourth-order valence-corrected chi connectivity index (χ4v) is 12.3. The molecule has 0 aliphatic carbocycles. The van der Waals surface area contributed by atoms with Gasteiger partial charge in [-0.3, -0.25) is 9.59 Å². The summed E-state index contributed by atoms with van der Waals surface area (Å²) in [6.45, 7) is 4.92. The van der Waals surface area contributed by atoms with Gasteiger partial charge in [0.25, 0.3) is 0 Å². The highest BCUT2D eigenvalue weighted by Crippen LogP contribution is 2.19. The first-order chi connectivity index (χ1) is 43.0. The number of aliphatic hydroxyl groups is 2. The predicted octanol–water partition coefficient (Wildman–Crippen LogP) is 26.0. The number of ether oxygens (including phenoxy) is 1. The van der Waals surface area contributed by atoms with E-state index in [2.05, 4.69) is 55.6 Å². The highest BCUT2D eigenvalue weighted by molar-refractivity contribution is 5.76. The van der Waals surface area contributed by atoms with Gasteiger partial charge in [0.1, 0.15) is 0 Å². The van der Waals surface area contributed by atoms with E-state index in [1.807, 2.05) is 6.08 Å². The molecule has 0 aromatic carbocycles. The van der Waals surface area contributed by atoms with Gasteiger partial charge in [0.2, 0.25) is 5.91 Å². The molecule has 2 unspecified atom stereocenters. The number of aliphatic hydroxyl groups excluding tert-OH is 2. The molecule has 6 nitrogen and oxygen atoms in total. The van der Waals surface area contributed by atoms with Gasteiger partial charge in [-0.15, -0.1) is 0 Å². The Labute approximate surface area is 544 Å². The molecule has 0 spiro atoms. The predicted molar refractivity (Wildman–Crippen MR) is 384 cm³/mol. The molecule has 0 heterocycles. The van der Waals surface area contributed by atoms with E-state index in [0.717, 1.165) is 51.4 Å². The third-order valence-electron chi connectivity index (χ3n) is 18.3. The monoisotopic (exact) mass is 1220 g/mol. The van der Waals surface area contributed by atoms with E-state index in [4.69, 9.17) is 4.74 Å². The van der Waals surface area contributed by atoms with Crippen molar-refractivity contribution in [3.05, 3.63) is 48.6 Å². The van der Waals surface area contributed by atoms with Crippen LogP contribution < -0.4 is 5.32 Å². The molecule has 1 amide bonds. The van der Waals surface area contributed by atoms with E-state index in [0.29, 0.717) is 19.4 Å². The van der Waals surface area contributed by atoms with Gasteiger partial charge >= 0.3 is 5.97 Å². The van der Waals surface area contributed by atoms with Crippen LogP contribution in [0.2, 0.25) is 0 Å². The molecular formula is C81H153NO5. The average Bonchev–Trinajstić information content (AvgIpc) is 3.53. The Bertz CT molecular complexity index is 1450. The number of nitrogens with one attached hydrogen (secondary N) is 1. The number of esters is 1. The topological polar surface area (TPSA) is 95.9 Å². The molecule has 2 atom stereocenters. The van der Waals surface area contributed by atoms with Crippen LogP contribution in [0.25, 0.3) is 0 Å². The number of carbonyl (C=O) groups excluding carboxylic acids is 2. The number of hydrogen-bond donors (Lipinski definition) is 3. The Morgan fingerprint density at radius 3 is 0.908 bits per heavy atom. The summed E-state index contributed by atoms with van der Waals surface area (Å²) in [6, 6.07) is -0.628. The van der Waals surface area contributed by atoms with Gasteiger partial charge in [-0.1, -0.05) is 377 Å². The first-order valence-corrected chi connectivity index (χ1v) is 39.4. The summed E-state index contributed by atoms with van der Waals surface area (Å²) in [6.07, 6.45) is 101. The van der Waals surface area contributed by atoms with Crippen LogP contribution in [0.15, 0.2) is 48.6 Å². The quantitative estimate of drug-likeness (QED) is 0.0320. The minimum Gasteiger partial charge on any atom is -0.466 e. The summed E-state index contributed by atoms with van der Waals surface area (Å²) in [7, 11) is 0. The summed E-state index contributed by atoms with van der Waals surface area (Å²) in [5.74, 6) is -0.0545. The van der Waals surface area contributed by atoms with Gasteiger partial charge in [-0.2, -0.15) is 0 Å². The van der Waals surface area contributed by atoms with Crippen molar-refractivity contribution in [3.8, 4) is 0 Å². The number of rotatable bonds is 74. The van der Waals surface area contributed by atoms with Crippen LogP contribution in [0.5, 0.6) is 0 Å². The second-order valence-corrected chi connectivity index (χ2v) is 27.0. The number of carbonyl (C=O) groups is 2. The Morgan fingerprint density at radius 2 is 0.575 bits per heavy atom. The van der Waals surface area contributed by atoms with E-state index < -0.39 is 12.1 Å². The molecule has 3 N–H and O–H groups in total. The molecule has 0 saturated heterocycles. The molecule has 0 aliphatic heterocycles. The molecule has 0 aliphatic rings. The van der Waals surface area contributed by atoms with Crippen molar-refractivity contribution in [2.75, 3.05) is 13.2 Å². The lowest BCUT2D eigenvalue weighted by Crippen LogP contribution is -2.45. The molecule has 0 aromatic rings. The molecule has 0 aromatic heterocycles. The van der Waals surface area contributed by atoms with Crippen molar-refractivity contribution >= 4 is 11.9 Å². The van der Waals surface area contributed by atoms with Crippen LogP contribution in [0, 0.1) is 0 Å². The number of allylic oxidation sites excluding steroid dienone is 7. The maximum atomic E-state index is 12.5. The zero-order chi connectivity index (χ0) is 62.8. The fourth-order valence-electron chi connectivity index (χ4n) is 12.3. The molecule has 0 fully saturated rings. The molecular weight excluding hydrogens is 1070 g/mol. The van der Waals surface area contributed by atoms with Crippen molar-refractivity contribution in [2.24, 2.45) is 0 Å². The summed E-state index contributed by atoms with van der Waals surface area (Å²) < 4.78 is 5.48. The standard InChI is InChI=1S/C81H153NO5/c1-3-5-7-9-11-13-15-17-18-19-20-21-35-38-41-44-47-50-53-57-61-65-69-73-79(84)78(77-83)82-80(85)74-70-66-62-58-54-51-48-45-42-39-36-33-31-29-27-25-23-22-24-26-28-30-32-34-37-40-43-46-49-52-56-60-64-68-72-76-87-81(86)75-71-67-63-59-55-16-14-12-10-8-6-4-2/h12,14,24,26,30,32,69,73,78-79,83-84H,3-11,13,15-23,25,27-29,31,33-68,70-72,74-77H2,1-2H3,(H,82,85)/b14-12-,26-24-,32-30-,73-69+. The zero-order valence-corrected chi connectivity index (χ0v) is 58.8. The third kappa shape index (κ3) is 72.8. The molecule has 0 bridgehead atoms. The van der Waals surface area contributed by atoms with Gasteiger partial charge in [0.15, 0.2) is 0 Å². The van der Waals surface area contributed by atoms with Crippen LogP contribution in [0.1, 0.15) is 431 Å². The van der Waals surface area contributed by atoms with Gasteiger partial charge in [-0.05, 0) is 89.9 Å². The van der Waals surface area contributed by atoms with Crippen LogP contribution in [0.4, 0.5) is 0 Å². The lowest BCUT2D eigenvalue weighted by molar-refractivity contribution is -0.143. The average molecular weight is 1220 g/mol. The molecule has 0 saturated carbocycles. The summed E-state index contributed by atoms with van der Waals surface area (Å²) in [5.41, 5.74) is 0. The fraction of sp³-hybridized carbons (Fsp3) is 0.877. The van der Waals surface area contributed by atoms with Gasteiger partial charge < -0.3 is 20.3 Å². The van der Waals surface area contributed by atoms with Crippen molar-refractivity contribution in [2.45, 2.75) is 443 Å². The molecule has 6 heteroatoms.